The summed E-state index contributed by atoms with van der Waals surface area (Å²) in [5, 5.41) is 4.97. The molecule has 1 aromatic heterocycles. The van der Waals surface area contributed by atoms with Gasteiger partial charge >= 0.3 is 6.03 Å². The number of benzene rings is 2. The van der Waals surface area contributed by atoms with Gasteiger partial charge in [-0.3, -0.25) is 4.79 Å². The van der Waals surface area contributed by atoms with Gasteiger partial charge in [-0.1, -0.05) is 31.2 Å². The Morgan fingerprint density at radius 3 is 2.41 bits per heavy atom. The van der Waals surface area contributed by atoms with Crippen molar-refractivity contribution in [1.82, 2.24) is 9.80 Å². The Bertz CT molecular complexity index is 1190. The predicted molar refractivity (Wildman–Crippen MR) is 156 cm³/mol. The van der Waals surface area contributed by atoms with Gasteiger partial charge < -0.3 is 29.3 Å². The van der Waals surface area contributed by atoms with E-state index in [0.29, 0.717) is 56.3 Å². The molecule has 0 fully saturated rings. The molecular formula is C30H39N3O5S. The van der Waals surface area contributed by atoms with Crippen molar-refractivity contribution >= 4 is 29.0 Å². The van der Waals surface area contributed by atoms with Crippen molar-refractivity contribution in [3.05, 3.63) is 76.0 Å². The highest BCUT2D eigenvalue weighted by Gasteiger charge is 2.22. The van der Waals surface area contributed by atoms with E-state index in [1.807, 2.05) is 64.9 Å². The second-order valence-corrected chi connectivity index (χ2v) is 10.1. The minimum absolute atomic E-state index is 0.0275. The smallest absolute Gasteiger partial charge is 0.322 e. The summed E-state index contributed by atoms with van der Waals surface area (Å²) in [6.07, 6.45) is 2.14. The van der Waals surface area contributed by atoms with Gasteiger partial charge in [-0.2, -0.15) is 0 Å². The molecule has 0 atom stereocenters. The third kappa shape index (κ3) is 9.30. The first-order valence-corrected chi connectivity index (χ1v) is 14.0. The number of amides is 3. The van der Waals surface area contributed by atoms with Gasteiger partial charge in [0, 0.05) is 37.4 Å². The number of methoxy groups -OCH3 is 3. The molecule has 0 spiro atoms. The molecule has 1 heterocycles. The van der Waals surface area contributed by atoms with Crippen LogP contribution >= 0.6 is 11.3 Å². The molecule has 0 radical (unpaired) electrons. The van der Waals surface area contributed by atoms with Crippen LogP contribution in [0.3, 0.4) is 0 Å². The Balaban J connectivity index is 1.74. The van der Waals surface area contributed by atoms with E-state index in [-0.39, 0.29) is 18.5 Å². The van der Waals surface area contributed by atoms with E-state index < -0.39 is 0 Å². The van der Waals surface area contributed by atoms with Crippen LogP contribution in [-0.2, 0) is 28.9 Å². The predicted octanol–water partition coefficient (Wildman–Crippen LogP) is 5.47. The number of carbonyl (C=O) groups is 2. The molecule has 3 amide bonds. The van der Waals surface area contributed by atoms with Gasteiger partial charge in [0.25, 0.3) is 0 Å². The van der Waals surface area contributed by atoms with Crippen molar-refractivity contribution in [3.63, 3.8) is 0 Å². The van der Waals surface area contributed by atoms with Crippen molar-refractivity contribution in [2.75, 3.05) is 52.9 Å². The van der Waals surface area contributed by atoms with Crippen LogP contribution in [0.1, 0.15) is 29.3 Å². The van der Waals surface area contributed by atoms with Crippen molar-refractivity contribution in [2.45, 2.75) is 32.7 Å². The number of rotatable bonds is 15. The Hall–Kier alpha value is -3.56. The van der Waals surface area contributed by atoms with E-state index in [1.165, 1.54) is 0 Å². The van der Waals surface area contributed by atoms with E-state index in [1.54, 1.807) is 37.6 Å². The van der Waals surface area contributed by atoms with Gasteiger partial charge in [0.1, 0.15) is 6.54 Å². The van der Waals surface area contributed by atoms with Crippen molar-refractivity contribution in [1.29, 1.82) is 0 Å². The molecule has 1 N–H and O–H groups in total. The number of urea groups is 1. The fraction of sp³-hybridized carbons (Fsp3) is 0.400. The number of carbonyl (C=O) groups excluding carboxylic acids is 2. The Morgan fingerprint density at radius 1 is 0.897 bits per heavy atom. The molecule has 0 aliphatic heterocycles. The molecule has 2 aromatic carbocycles. The number of anilines is 1. The Labute approximate surface area is 235 Å². The van der Waals surface area contributed by atoms with Crippen LogP contribution in [0.15, 0.2) is 60.0 Å². The molecule has 0 aliphatic rings. The molecule has 0 aliphatic carbocycles. The topological polar surface area (TPSA) is 80.3 Å². The molecule has 9 heteroatoms. The highest BCUT2D eigenvalue weighted by atomic mass is 32.1. The summed E-state index contributed by atoms with van der Waals surface area (Å²) < 4.78 is 16.0. The maximum Gasteiger partial charge on any atom is 0.322 e. The fourth-order valence-corrected chi connectivity index (χ4v) is 4.89. The summed E-state index contributed by atoms with van der Waals surface area (Å²) in [6.45, 7) is 3.93. The zero-order valence-electron chi connectivity index (χ0n) is 23.3. The first kappa shape index (κ1) is 30.0. The van der Waals surface area contributed by atoms with E-state index in [0.717, 1.165) is 22.4 Å². The zero-order valence-corrected chi connectivity index (χ0v) is 24.1. The average molecular weight is 554 g/mol. The molecule has 8 nitrogen and oxygen atoms in total. The third-order valence-electron chi connectivity index (χ3n) is 6.37. The van der Waals surface area contributed by atoms with E-state index in [9.17, 15) is 9.59 Å². The van der Waals surface area contributed by atoms with E-state index >= 15 is 0 Å². The Morgan fingerprint density at radius 2 is 1.72 bits per heavy atom. The number of thiophene rings is 1. The van der Waals surface area contributed by atoms with Crippen LogP contribution in [0.5, 0.6) is 11.5 Å². The maximum atomic E-state index is 13.6. The van der Waals surface area contributed by atoms with Crippen molar-refractivity contribution < 1.29 is 23.8 Å². The van der Waals surface area contributed by atoms with E-state index in [4.69, 9.17) is 14.2 Å². The second kappa shape index (κ2) is 15.8. The largest absolute Gasteiger partial charge is 0.493 e. The molecular weight excluding hydrogens is 514 g/mol. The normalized spacial score (nSPS) is 10.7. The van der Waals surface area contributed by atoms with Gasteiger partial charge in [0.15, 0.2) is 11.5 Å². The number of ether oxygens (including phenoxy) is 3. The monoisotopic (exact) mass is 553 g/mol. The van der Waals surface area contributed by atoms with Crippen LogP contribution < -0.4 is 14.8 Å². The summed E-state index contributed by atoms with van der Waals surface area (Å²) >= 11 is 1.61. The molecule has 3 rings (SSSR count). The van der Waals surface area contributed by atoms with Crippen LogP contribution in [0.4, 0.5) is 10.5 Å². The zero-order chi connectivity index (χ0) is 28.0. The fourth-order valence-electron chi connectivity index (χ4n) is 4.17. The summed E-state index contributed by atoms with van der Waals surface area (Å²) in [5.74, 6) is 1.20. The summed E-state index contributed by atoms with van der Waals surface area (Å²) in [4.78, 5) is 31.4. The summed E-state index contributed by atoms with van der Waals surface area (Å²) in [5.41, 5.74) is 2.88. The highest BCUT2D eigenvalue weighted by Crippen LogP contribution is 2.28. The lowest BCUT2D eigenvalue weighted by molar-refractivity contribution is -0.132. The Kier molecular flexibility index (Phi) is 12.1. The number of hydrogen-bond donors (Lipinski definition) is 1. The van der Waals surface area contributed by atoms with Crippen molar-refractivity contribution in [3.8, 4) is 11.5 Å². The number of nitrogens with one attached hydrogen (secondary N) is 1. The molecule has 0 saturated heterocycles. The molecule has 39 heavy (non-hydrogen) atoms. The van der Waals surface area contributed by atoms with Crippen LogP contribution in [0.25, 0.3) is 0 Å². The summed E-state index contributed by atoms with van der Waals surface area (Å²) in [7, 11) is 4.84. The van der Waals surface area contributed by atoms with Crippen LogP contribution in [0, 0.1) is 0 Å². The summed E-state index contributed by atoms with van der Waals surface area (Å²) in [6, 6.07) is 17.2. The van der Waals surface area contributed by atoms with Gasteiger partial charge in [0.05, 0.1) is 20.8 Å². The van der Waals surface area contributed by atoms with Gasteiger partial charge in [-0.15, -0.1) is 11.3 Å². The van der Waals surface area contributed by atoms with Gasteiger partial charge in [-0.05, 0) is 66.1 Å². The number of hydrogen-bond acceptors (Lipinski definition) is 6. The SMILES string of the molecule is CCc1cccc(NC(=O)N(CCCOC)CC(=O)N(CCc2ccc(OC)c(OC)c2)Cc2cccs2)c1. The quantitative estimate of drug-likeness (QED) is 0.253. The van der Waals surface area contributed by atoms with Crippen LogP contribution in [-0.4, -0.2) is 69.3 Å². The lowest BCUT2D eigenvalue weighted by Gasteiger charge is -2.28. The van der Waals surface area contributed by atoms with E-state index in [2.05, 4.69) is 12.2 Å². The van der Waals surface area contributed by atoms with Gasteiger partial charge in [0.2, 0.25) is 5.91 Å². The standard InChI is InChI=1S/C30H39N3O5S/c1-5-23-9-6-10-25(19-23)31-30(35)33(15-8-17-36-2)22-29(34)32(21-26-11-7-18-39-26)16-14-24-12-13-27(37-3)28(20-24)38-4/h6-7,9-13,18-20H,5,8,14-17,21-22H2,1-4H3,(H,31,35). The third-order valence-corrected chi connectivity index (χ3v) is 7.24. The van der Waals surface area contributed by atoms with Crippen LogP contribution in [0.2, 0.25) is 0 Å². The molecule has 210 valence electrons. The minimum Gasteiger partial charge on any atom is -0.493 e. The molecule has 0 bridgehead atoms. The first-order valence-electron chi connectivity index (χ1n) is 13.1. The minimum atomic E-state index is -0.302. The molecule has 0 unspecified atom stereocenters. The molecule has 0 saturated carbocycles. The average Bonchev–Trinajstić information content (AvgIpc) is 3.47. The second-order valence-electron chi connectivity index (χ2n) is 9.09. The number of nitrogens with zero attached hydrogens (tertiary/aromatic N) is 2. The number of aryl methyl sites for hydroxylation is 1. The lowest BCUT2D eigenvalue weighted by Crippen LogP contribution is -2.45. The molecule has 3 aromatic rings. The lowest BCUT2D eigenvalue weighted by atomic mass is 10.1. The first-order chi connectivity index (χ1) is 19.0. The highest BCUT2D eigenvalue weighted by molar-refractivity contribution is 7.09. The maximum absolute atomic E-state index is 13.6. The van der Waals surface area contributed by atoms with Gasteiger partial charge in [-0.25, -0.2) is 4.79 Å². The van der Waals surface area contributed by atoms with Crippen molar-refractivity contribution in [2.24, 2.45) is 0 Å².